The third-order valence-corrected chi connectivity index (χ3v) is 12.1. The summed E-state index contributed by atoms with van der Waals surface area (Å²) in [5, 5.41) is 76.2. The first-order valence-corrected chi connectivity index (χ1v) is 20.5. The summed E-state index contributed by atoms with van der Waals surface area (Å²) in [5.74, 6) is -8.54. The Labute approximate surface area is 355 Å². The van der Waals surface area contributed by atoms with E-state index in [1.165, 1.54) is 59.4 Å². The van der Waals surface area contributed by atoms with E-state index in [0.717, 1.165) is 0 Å². The average Bonchev–Trinajstić information content (AvgIpc) is 3.49. The standard InChI is InChI=1S/C44H60N4O13/c1-22-11-10-12-23(2)43(57)46-34-29(21-45-48-16-14-47(15-17-48)18-19-49)38(54)31-32(39(34)55)37(53)27(6)41-33(31)42(56)44(8,61-41)59-20-13-30(58-9)24(3)40(60-28(7)50)26(5)36(52)25(4)35(22)51/h10-13,20-22,24-26,30,35-36,40,49,51-55H,14-19H2,1-9H3,(H,46,57)/b11-10+,20-13+,23-12-,45-21+/t22-,24+,25+,26+,30-,35-,36+,40+,44-/m0/s1. The zero-order valence-corrected chi connectivity index (χ0v) is 36.2. The third-order valence-electron chi connectivity index (χ3n) is 12.1. The first-order chi connectivity index (χ1) is 28.8. The van der Waals surface area contributed by atoms with Crippen LogP contribution in [0.15, 0.2) is 41.2 Å². The minimum Gasteiger partial charge on any atom is -0.507 e. The highest BCUT2D eigenvalue weighted by atomic mass is 16.7. The molecule has 9 atom stereocenters. The first kappa shape index (κ1) is 46.9. The maximum Gasteiger partial charge on any atom is 0.312 e. The lowest BCUT2D eigenvalue weighted by atomic mass is 9.78. The van der Waals surface area contributed by atoms with E-state index in [1.54, 1.807) is 44.9 Å². The van der Waals surface area contributed by atoms with Gasteiger partial charge in [0.1, 0.15) is 23.4 Å². The van der Waals surface area contributed by atoms with Crippen molar-refractivity contribution in [2.45, 2.75) is 85.6 Å². The van der Waals surface area contributed by atoms with Gasteiger partial charge < -0.3 is 54.9 Å². The van der Waals surface area contributed by atoms with Gasteiger partial charge in [-0.1, -0.05) is 45.9 Å². The Morgan fingerprint density at radius 1 is 0.967 bits per heavy atom. The molecule has 0 aliphatic carbocycles. The number of ether oxygens (including phenoxy) is 4. The van der Waals surface area contributed by atoms with Gasteiger partial charge in [-0.15, -0.1) is 0 Å². The van der Waals surface area contributed by atoms with E-state index in [1.807, 2.05) is 0 Å². The number of aromatic hydroxyl groups is 3. The second-order valence-electron chi connectivity index (χ2n) is 16.4. The summed E-state index contributed by atoms with van der Waals surface area (Å²) in [6, 6.07) is 0. The van der Waals surface area contributed by atoms with Crippen LogP contribution in [0.2, 0.25) is 0 Å². The van der Waals surface area contributed by atoms with Crippen molar-refractivity contribution in [2.24, 2.45) is 28.8 Å². The molecule has 4 heterocycles. The topological polar surface area (TPSA) is 240 Å². The number of methoxy groups -OCH3 is 1. The van der Waals surface area contributed by atoms with E-state index in [9.17, 15) is 45.0 Å². The number of hydrazone groups is 1. The summed E-state index contributed by atoms with van der Waals surface area (Å²) >= 11 is 0. The number of aliphatic hydroxyl groups excluding tert-OH is 3. The Morgan fingerprint density at radius 3 is 2.26 bits per heavy atom. The maximum atomic E-state index is 14.5. The van der Waals surface area contributed by atoms with Crippen LogP contribution in [-0.2, 0) is 23.8 Å². The molecule has 17 heteroatoms. The molecule has 4 aliphatic heterocycles. The summed E-state index contributed by atoms with van der Waals surface area (Å²) in [6.07, 6.45) is 4.74. The van der Waals surface area contributed by atoms with E-state index in [4.69, 9.17) is 18.9 Å². The predicted octanol–water partition coefficient (Wildman–Crippen LogP) is 3.70. The van der Waals surface area contributed by atoms with Crippen LogP contribution in [0.3, 0.4) is 0 Å². The van der Waals surface area contributed by atoms with Crippen LogP contribution in [0.25, 0.3) is 10.8 Å². The number of fused-ring (bicyclic) bond motifs is 14. The zero-order valence-electron chi connectivity index (χ0n) is 36.2. The van der Waals surface area contributed by atoms with Gasteiger partial charge in [-0.2, -0.15) is 5.10 Å². The van der Waals surface area contributed by atoms with Crippen LogP contribution in [0.4, 0.5) is 5.69 Å². The van der Waals surface area contributed by atoms with Gasteiger partial charge in [0, 0.05) is 93.9 Å². The van der Waals surface area contributed by atoms with Gasteiger partial charge in [-0.3, -0.25) is 24.3 Å². The Morgan fingerprint density at radius 2 is 1.64 bits per heavy atom. The van der Waals surface area contributed by atoms with Gasteiger partial charge in [0.2, 0.25) is 0 Å². The van der Waals surface area contributed by atoms with Crippen LogP contribution in [0, 0.1) is 30.6 Å². The highest BCUT2D eigenvalue weighted by Gasteiger charge is 2.50. The molecule has 1 fully saturated rings. The van der Waals surface area contributed by atoms with E-state index in [2.05, 4.69) is 15.3 Å². The maximum absolute atomic E-state index is 14.5. The first-order valence-electron chi connectivity index (χ1n) is 20.5. The lowest BCUT2D eigenvalue weighted by molar-refractivity contribution is -0.160. The van der Waals surface area contributed by atoms with Crippen molar-refractivity contribution in [3.63, 3.8) is 0 Å². The lowest BCUT2D eigenvalue weighted by Gasteiger charge is -2.38. The monoisotopic (exact) mass is 852 g/mol. The number of hydrogen-bond acceptors (Lipinski definition) is 16. The number of carbonyl (C=O) groups excluding carboxylic acids is 3. The summed E-state index contributed by atoms with van der Waals surface area (Å²) in [5.41, 5.74) is -0.465. The summed E-state index contributed by atoms with van der Waals surface area (Å²) in [6.45, 7) is 15.1. The molecule has 334 valence electrons. The summed E-state index contributed by atoms with van der Waals surface area (Å²) < 4.78 is 23.6. The van der Waals surface area contributed by atoms with Crippen molar-refractivity contribution < 1.29 is 64.0 Å². The van der Waals surface area contributed by atoms with Crippen molar-refractivity contribution in [2.75, 3.05) is 51.8 Å². The zero-order chi connectivity index (χ0) is 45.1. The fourth-order valence-electron chi connectivity index (χ4n) is 8.23. The highest BCUT2D eigenvalue weighted by molar-refractivity contribution is 6.23. The molecule has 0 aromatic heterocycles. The number of esters is 1. The van der Waals surface area contributed by atoms with E-state index < -0.39 is 88.8 Å². The van der Waals surface area contributed by atoms with Gasteiger partial charge >= 0.3 is 11.8 Å². The van der Waals surface area contributed by atoms with Crippen molar-refractivity contribution in [1.82, 2.24) is 9.91 Å². The lowest BCUT2D eigenvalue weighted by Crippen LogP contribution is -2.46. The number of Topliss-reactive ketones (excluding diaryl/α,β-unsaturated/α-hetero) is 1. The molecule has 4 aliphatic rings. The molecule has 5 bridgehead atoms. The smallest absolute Gasteiger partial charge is 0.312 e. The van der Waals surface area contributed by atoms with Gasteiger partial charge in [-0.25, -0.2) is 0 Å². The molecule has 1 saturated heterocycles. The number of hydrogen-bond donors (Lipinski definition) is 7. The molecule has 7 N–H and O–H groups in total. The van der Waals surface area contributed by atoms with Gasteiger partial charge in [-0.05, 0) is 19.9 Å². The Balaban J connectivity index is 1.69. The highest BCUT2D eigenvalue weighted by Crippen LogP contribution is 2.55. The molecule has 0 radical (unpaired) electrons. The normalized spacial score (nSPS) is 31.4. The molecular formula is C44H60N4O13. The van der Waals surface area contributed by atoms with Crippen LogP contribution in [0.5, 0.6) is 23.0 Å². The van der Waals surface area contributed by atoms with Crippen LogP contribution >= 0.6 is 0 Å². The molecular weight excluding hydrogens is 792 g/mol. The van der Waals surface area contributed by atoms with E-state index >= 15 is 0 Å². The molecule has 0 spiro atoms. The van der Waals surface area contributed by atoms with Crippen molar-refractivity contribution in [3.8, 4) is 23.0 Å². The fraction of sp³-hybridized carbons (Fsp3) is 0.545. The molecule has 0 saturated carbocycles. The quantitative estimate of drug-likeness (QED) is 0.0949. The Kier molecular flexibility index (Phi) is 14.8. The summed E-state index contributed by atoms with van der Waals surface area (Å²) in [4.78, 5) is 42.6. The molecule has 2 aromatic carbocycles. The van der Waals surface area contributed by atoms with Crippen LogP contribution in [0.1, 0.15) is 70.0 Å². The number of amides is 1. The number of phenols is 3. The SMILES string of the molecule is CO[C@H]1/C=C/O[C@@]2(C)Oc3c(C)c(O)c4c(O)c(c(/C=N/N5CCN(CCO)CC5)c(O)c4c3C2=O)NC(=O)/C(C)=C\C=C\[C@H](C)[C@H](O)[C@@H](C)[C@@H](O)[C@@H](C)[C@H](OC(C)=O)[C@@H]1C. The Bertz CT molecular complexity index is 2110. The molecule has 0 unspecified atom stereocenters. The average molecular weight is 853 g/mol. The third kappa shape index (κ3) is 9.50. The number of β-amino-alcohol motifs (C(OH)–C–C–N with tert-alkyl or cyclic N) is 1. The van der Waals surface area contributed by atoms with Crippen LogP contribution in [-0.4, -0.2) is 141 Å². The summed E-state index contributed by atoms with van der Waals surface area (Å²) in [7, 11) is 1.43. The second kappa shape index (κ2) is 19.2. The number of allylic oxidation sites excluding steroid dienone is 2. The largest absolute Gasteiger partial charge is 0.507 e. The number of piperazine rings is 1. The number of rotatable bonds is 6. The molecule has 2 aromatic rings. The fourth-order valence-corrected chi connectivity index (χ4v) is 8.23. The van der Waals surface area contributed by atoms with Gasteiger partial charge in [0.25, 0.3) is 11.7 Å². The van der Waals surface area contributed by atoms with E-state index in [-0.39, 0.29) is 51.1 Å². The van der Waals surface area contributed by atoms with Crippen molar-refractivity contribution in [1.29, 1.82) is 0 Å². The molecule has 6 rings (SSSR count). The molecule has 1 amide bonds. The van der Waals surface area contributed by atoms with Crippen LogP contribution < -0.4 is 10.1 Å². The number of nitrogens with zero attached hydrogens (tertiary/aromatic N) is 3. The number of nitrogens with one attached hydrogen (secondary N) is 1. The number of phenolic OH excluding ortho intramolecular Hbond substituents is 3. The van der Waals surface area contributed by atoms with Crippen molar-refractivity contribution >= 4 is 40.3 Å². The number of aliphatic hydroxyl groups is 3. The minimum absolute atomic E-state index is 0.00821. The van der Waals surface area contributed by atoms with Gasteiger partial charge in [0.15, 0.2) is 5.75 Å². The number of benzene rings is 2. The van der Waals surface area contributed by atoms with Crippen molar-refractivity contribution in [3.05, 3.63) is 52.8 Å². The van der Waals surface area contributed by atoms with E-state index in [0.29, 0.717) is 32.7 Å². The second-order valence-corrected chi connectivity index (χ2v) is 16.4. The Hall–Kier alpha value is -5.20. The predicted molar refractivity (Wildman–Crippen MR) is 227 cm³/mol. The molecule has 61 heavy (non-hydrogen) atoms. The number of ketones is 1. The number of carbonyl (C=O) groups is 3. The minimum atomic E-state index is -2.06. The van der Waals surface area contributed by atoms with Gasteiger partial charge in [0.05, 0.1) is 59.6 Å². The molecule has 17 nitrogen and oxygen atoms in total. The number of anilines is 1.